The van der Waals surface area contributed by atoms with Crippen LogP contribution >= 0.6 is 0 Å². The van der Waals surface area contributed by atoms with Crippen molar-refractivity contribution in [3.05, 3.63) is 29.8 Å². The largest absolute Gasteiger partial charge is 0.356 e. The summed E-state index contributed by atoms with van der Waals surface area (Å²) in [5, 5.41) is 3.03. The van der Waals surface area contributed by atoms with Crippen molar-refractivity contribution in [3.8, 4) is 0 Å². The molecule has 0 spiro atoms. The molecule has 2 aliphatic rings. The van der Waals surface area contributed by atoms with Gasteiger partial charge in [-0.25, -0.2) is 8.42 Å². The molecule has 1 aromatic rings. The Kier molecular flexibility index (Phi) is 8.90. The summed E-state index contributed by atoms with van der Waals surface area (Å²) in [6, 6.07) is 7.58. The Balaban J connectivity index is 1.23. The first-order valence-electron chi connectivity index (χ1n) is 11.6. The highest BCUT2D eigenvalue weighted by atomic mass is 32.2. The number of benzene rings is 1. The molecule has 0 aromatic heterocycles. The molecule has 1 fully saturated rings. The van der Waals surface area contributed by atoms with E-state index in [1.54, 1.807) is 18.2 Å². The summed E-state index contributed by atoms with van der Waals surface area (Å²) in [4.78, 5) is 19.3. The zero-order chi connectivity index (χ0) is 22.1. The van der Waals surface area contributed by atoms with Crippen molar-refractivity contribution in [3.63, 3.8) is 0 Å². The number of piperidine rings is 1. The van der Waals surface area contributed by atoms with Crippen LogP contribution in [-0.4, -0.2) is 57.3 Å². The summed E-state index contributed by atoms with van der Waals surface area (Å²) in [5.74, 6) is 0.544. The number of carbonyl (C=O) groups excluding carboxylic acids is 1. The van der Waals surface area contributed by atoms with E-state index in [4.69, 9.17) is 0 Å². The molecule has 172 valence electrons. The van der Waals surface area contributed by atoms with Crippen LogP contribution in [0.25, 0.3) is 0 Å². The number of likely N-dealkylation sites (tertiary alicyclic amines) is 1. The van der Waals surface area contributed by atoms with Gasteiger partial charge in [0, 0.05) is 31.1 Å². The zero-order valence-corrected chi connectivity index (χ0v) is 19.4. The fourth-order valence-corrected chi connectivity index (χ4v) is 5.51. The standard InChI is InChI=1S/C23H36N4O3S/c1-19-11-6-9-17-27(19)18-10-8-15-24-22(28)14-3-2-7-16-25-23-20-12-4-5-13-21(20)31(29,30)26-23/h4-5,12-13,19H,2-3,6-11,14-18H2,1H3,(H,24,28)(H,25,26). The molecule has 1 atom stereocenters. The molecule has 8 heteroatoms. The molecule has 0 radical (unpaired) electrons. The third-order valence-electron chi connectivity index (χ3n) is 6.13. The van der Waals surface area contributed by atoms with Crippen LogP contribution in [0.3, 0.4) is 0 Å². The van der Waals surface area contributed by atoms with Crippen molar-refractivity contribution >= 4 is 21.8 Å². The number of hydrogen-bond donors (Lipinski definition) is 2. The molecule has 0 saturated carbocycles. The van der Waals surface area contributed by atoms with E-state index in [0.717, 1.165) is 45.2 Å². The van der Waals surface area contributed by atoms with Gasteiger partial charge in [-0.3, -0.25) is 14.5 Å². The summed E-state index contributed by atoms with van der Waals surface area (Å²) < 4.78 is 26.6. The van der Waals surface area contributed by atoms with Crippen LogP contribution in [0.5, 0.6) is 0 Å². The number of amides is 1. The average Bonchev–Trinajstić information content (AvgIpc) is 3.02. The number of sulfonamides is 1. The minimum absolute atomic E-state index is 0.120. The van der Waals surface area contributed by atoms with Gasteiger partial charge in [0.15, 0.2) is 0 Å². The van der Waals surface area contributed by atoms with Crippen molar-refractivity contribution in [1.82, 2.24) is 14.9 Å². The van der Waals surface area contributed by atoms with Crippen molar-refractivity contribution in [2.24, 2.45) is 4.99 Å². The van der Waals surface area contributed by atoms with Gasteiger partial charge in [0.25, 0.3) is 10.0 Å². The Morgan fingerprint density at radius 2 is 2.00 bits per heavy atom. The van der Waals surface area contributed by atoms with Crippen LogP contribution in [0.2, 0.25) is 0 Å². The second-order valence-corrected chi connectivity index (χ2v) is 10.2. The van der Waals surface area contributed by atoms with Gasteiger partial charge in [-0.05, 0) is 70.7 Å². The molecule has 0 bridgehead atoms. The van der Waals surface area contributed by atoms with Gasteiger partial charge in [-0.2, -0.15) is 0 Å². The summed E-state index contributed by atoms with van der Waals surface area (Å²) in [6.45, 7) is 5.98. The van der Waals surface area contributed by atoms with Gasteiger partial charge in [0.05, 0.1) is 4.90 Å². The first-order chi connectivity index (χ1) is 15.0. The van der Waals surface area contributed by atoms with E-state index < -0.39 is 10.0 Å². The molecular formula is C23H36N4O3S. The molecule has 7 nitrogen and oxygen atoms in total. The predicted octanol–water partition coefficient (Wildman–Crippen LogP) is 3.06. The lowest BCUT2D eigenvalue weighted by molar-refractivity contribution is -0.121. The Hall–Kier alpha value is -1.93. The highest BCUT2D eigenvalue weighted by Gasteiger charge is 2.29. The van der Waals surface area contributed by atoms with Crippen LogP contribution < -0.4 is 10.0 Å². The number of nitrogens with zero attached hydrogens (tertiary/aromatic N) is 2. The van der Waals surface area contributed by atoms with E-state index in [-0.39, 0.29) is 10.8 Å². The van der Waals surface area contributed by atoms with E-state index in [1.165, 1.54) is 25.8 Å². The molecule has 1 unspecified atom stereocenters. The first kappa shape index (κ1) is 23.7. The van der Waals surface area contributed by atoms with Gasteiger partial charge in [-0.1, -0.05) is 25.0 Å². The van der Waals surface area contributed by atoms with Crippen LogP contribution in [0, 0.1) is 0 Å². The van der Waals surface area contributed by atoms with Crippen molar-refractivity contribution < 1.29 is 13.2 Å². The zero-order valence-electron chi connectivity index (χ0n) is 18.6. The second-order valence-electron chi connectivity index (χ2n) is 8.58. The van der Waals surface area contributed by atoms with Gasteiger partial charge in [-0.15, -0.1) is 0 Å². The molecule has 1 amide bonds. The lowest BCUT2D eigenvalue weighted by atomic mass is 10.0. The molecule has 3 rings (SSSR count). The molecule has 1 saturated heterocycles. The molecule has 2 aliphatic heterocycles. The Morgan fingerprint density at radius 1 is 1.16 bits per heavy atom. The van der Waals surface area contributed by atoms with Crippen molar-refractivity contribution in [2.75, 3.05) is 26.2 Å². The summed E-state index contributed by atoms with van der Waals surface area (Å²) in [6.07, 6.45) is 9.23. The number of aliphatic imine (C=N–C) groups is 1. The summed E-state index contributed by atoms with van der Waals surface area (Å²) in [5.41, 5.74) is 0.636. The summed E-state index contributed by atoms with van der Waals surface area (Å²) in [7, 11) is -3.47. The second kappa shape index (κ2) is 11.6. The van der Waals surface area contributed by atoms with E-state index >= 15 is 0 Å². The van der Waals surface area contributed by atoms with Crippen molar-refractivity contribution in [1.29, 1.82) is 0 Å². The maximum absolute atomic E-state index is 12.1. The highest BCUT2D eigenvalue weighted by Crippen LogP contribution is 2.22. The van der Waals surface area contributed by atoms with E-state index in [9.17, 15) is 13.2 Å². The van der Waals surface area contributed by atoms with E-state index in [1.807, 2.05) is 6.07 Å². The van der Waals surface area contributed by atoms with Crippen molar-refractivity contribution in [2.45, 2.75) is 75.6 Å². The third kappa shape index (κ3) is 7.04. The van der Waals surface area contributed by atoms with Crippen LogP contribution in [-0.2, 0) is 14.8 Å². The third-order valence-corrected chi connectivity index (χ3v) is 7.53. The van der Waals surface area contributed by atoms with Gasteiger partial charge in [0.1, 0.15) is 5.84 Å². The van der Waals surface area contributed by atoms with Gasteiger partial charge < -0.3 is 10.2 Å². The number of amidine groups is 1. The Labute approximate surface area is 186 Å². The number of rotatable bonds is 11. The first-order valence-corrected chi connectivity index (χ1v) is 13.1. The molecule has 0 aliphatic carbocycles. The normalized spacial score (nSPS) is 21.6. The van der Waals surface area contributed by atoms with Crippen LogP contribution in [0.1, 0.15) is 70.3 Å². The maximum atomic E-state index is 12.1. The topological polar surface area (TPSA) is 90.9 Å². The minimum atomic E-state index is -3.47. The van der Waals surface area contributed by atoms with Gasteiger partial charge in [0.2, 0.25) is 5.91 Å². The molecule has 31 heavy (non-hydrogen) atoms. The number of carbonyl (C=O) groups is 1. The number of nitrogens with one attached hydrogen (secondary N) is 2. The average molecular weight is 449 g/mol. The predicted molar refractivity (Wildman–Crippen MR) is 124 cm³/mol. The fraction of sp³-hybridized carbons (Fsp3) is 0.652. The number of unbranched alkanes of at least 4 members (excludes halogenated alkanes) is 3. The Morgan fingerprint density at radius 3 is 2.84 bits per heavy atom. The molecule has 2 N–H and O–H groups in total. The van der Waals surface area contributed by atoms with E-state index in [0.29, 0.717) is 30.4 Å². The minimum Gasteiger partial charge on any atom is -0.356 e. The van der Waals surface area contributed by atoms with E-state index in [2.05, 4.69) is 26.9 Å². The number of fused-ring (bicyclic) bond motifs is 1. The van der Waals surface area contributed by atoms with Gasteiger partial charge >= 0.3 is 0 Å². The molecule has 1 aromatic carbocycles. The van der Waals surface area contributed by atoms with Crippen LogP contribution in [0.4, 0.5) is 0 Å². The molecule has 2 heterocycles. The Bertz CT molecular complexity index is 869. The molecular weight excluding hydrogens is 412 g/mol. The number of hydrogen-bond acceptors (Lipinski definition) is 5. The SMILES string of the molecule is CC1CCCCN1CCCCNC(=O)CCCCCN=C1NS(=O)(=O)c2ccccc21. The summed E-state index contributed by atoms with van der Waals surface area (Å²) >= 11 is 0. The lowest BCUT2D eigenvalue weighted by Gasteiger charge is -2.33. The highest BCUT2D eigenvalue weighted by molar-refractivity contribution is 7.90. The monoisotopic (exact) mass is 448 g/mol. The quantitative estimate of drug-likeness (QED) is 0.509. The lowest BCUT2D eigenvalue weighted by Crippen LogP contribution is -2.38. The fourth-order valence-electron chi connectivity index (χ4n) is 4.26. The maximum Gasteiger partial charge on any atom is 0.263 e. The van der Waals surface area contributed by atoms with Crippen LogP contribution in [0.15, 0.2) is 34.2 Å². The smallest absolute Gasteiger partial charge is 0.263 e.